The lowest BCUT2D eigenvalue weighted by Crippen LogP contribution is -2.36. The molecule has 0 saturated heterocycles. The van der Waals surface area contributed by atoms with Crippen LogP contribution in [0.25, 0.3) is 0 Å². The highest BCUT2D eigenvalue weighted by Crippen LogP contribution is 2.21. The van der Waals surface area contributed by atoms with E-state index >= 15 is 0 Å². The molecule has 3 N–H and O–H groups in total. The van der Waals surface area contributed by atoms with Gasteiger partial charge in [0.2, 0.25) is 5.91 Å². The highest BCUT2D eigenvalue weighted by atomic mass is 16.1. The summed E-state index contributed by atoms with van der Waals surface area (Å²) < 4.78 is 0. The van der Waals surface area contributed by atoms with Gasteiger partial charge in [0.05, 0.1) is 0 Å². The third-order valence-corrected chi connectivity index (χ3v) is 3.43. The van der Waals surface area contributed by atoms with Crippen molar-refractivity contribution >= 4 is 11.6 Å². The minimum Gasteiger partial charge on any atom is -0.399 e. The van der Waals surface area contributed by atoms with Crippen molar-refractivity contribution in [2.45, 2.75) is 39.3 Å². The Labute approximate surface area is 115 Å². The minimum absolute atomic E-state index is 0.133. The Bertz CT molecular complexity index is 457. The maximum Gasteiger partial charge on any atom is 0.221 e. The zero-order chi connectivity index (χ0) is 13.8. The van der Waals surface area contributed by atoms with E-state index in [9.17, 15) is 4.79 Å². The molecule has 0 spiro atoms. The third kappa shape index (κ3) is 3.96. The molecule has 0 saturated carbocycles. The predicted molar refractivity (Wildman–Crippen MR) is 77.7 cm³/mol. The van der Waals surface area contributed by atoms with Crippen molar-refractivity contribution in [3.8, 4) is 0 Å². The zero-order valence-electron chi connectivity index (χ0n) is 11.8. The van der Waals surface area contributed by atoms with Crippen LogP contribution in [0.3, 0.4) is 0 Å². The van der Waals surface area contributed by atoms with E-state index in [1.165, 1.54) is 11.1 Å². The van der Waals surface area contributed by atoms with Crippen molar-refractivity contribution in [3.05, 3.63) is 29.3 Å². The maximum atomic E-state index is 11.6. The summed E-state index contributed by atoms with van der Waals surface area (Å²) in [6.45, 7) is 6.70. The van der Waals surface area contributed by atoms with Crippen molar-refractivity contribution < 1.29 is 4.79 Å². The Kier molecular flexibility index (Phi) is 4.43. The quantitative estimate of drug-likeness (QED) is 0.808. The van der Waals surface area contributed by atoms with Crippen LogP contribution in [0.5, 0.6) is 0 Å². The number of anilines is 1. The van der Waals surface area contributed by atoms with Gasteiger partial charge >= 0.3 is 0 Å². The van der Waals surface area contributed by atoms with E-state index in [-0.39, 0.29) is 11.9 Å². The first-order chi connectivity index (χ1) is 9.04. The molecule has 0 aromatic heterocycles. The summed E-state index contributed by atoms with van der Waals surface area (Å²) in [6, 6.07) is 6.35. The number of fused-ring (bicyclic) bond motifs is 1. The Morgan fingerprint density at radius 2 is 2.21 bits per heavy atom. The Hall–Kier alpha value is -1.55. The molecule has 0 bridgehead atoms. The van der Waals surface area contributed by atoms with Crippen LogP contribution in [-0.4, -0.2) is 29.9 Å². The Morgan fingerprint density at radius 3 is 2.95 bits per heavy atom. The van der Waals surface area contributed by atoms with Crippen LogP contribution in [0.1, 0.15) is 31.4 Å². The molecule has 2 rings (SSSR count). The molecule has 4 nitrogen and oxygen atoms in total. The molecule has 19 heavy (non-hydrogen) atoms. The molecule has 1 aliphatic rings. The van der Waals surface area contributed by atoms with Gasteiger partial charge in [-0.15, -0.1) is 0 Å². The second-order valence-corrected chi connectivity index (χ2v) is 5.53. The van der Waals surface area contributed by atoms with E-state index in [1.54, 1.807) is 0 Å². The van der Waals surface area contributed by atoms with Gasteiger partial charge in [-0.25, -0.2) is 0 Å². The topological polar surface area (TPSA) is 58.4 Å². The lowest BCUT2D eigenvalue weighted by molar-refractivity contribution is -0.121. The van der Waals surface area contributed by atoms with Gasteiger partial charge in [-0.05, 0) is 43.5 Å². The van der Waals surface area contributed by atoms with Crippen molar-refractivity contribution in [1.29, 1.82) is 0 Å². The van der Waals surface area contributed by atoms with Gasteiger partial charge in [0, 0.05) is 37.8 Å². The van der Waals surface area contributed by atoms with E-state index in [0.717, 1.165) is 31.7 Å². The van der Waals surface area contributed by atoms with Crippen molar-refractivity contribution in [3.63, 3.8) is 0 Å². The lowest BCUT2D eigenvalue weighted by Gasteiger charge is -2.28. The number of benzene rings is 1. The number of hydrogen-bond acceptors (Lipinski definition) is 3. The predicted octanol–water partition coefficient (Wildman–Crippen LogP) is 1.54. The largest absolute Gasteiger partial charge is 0.399 e. The number of carbonyl (C=O) groups is 1. The van der Waals surface area contributed by atoms with Crippen LogP contribution in [0.2, 0.25) is 0 Å². The third-order valence-electron chi connectivity index (χ3n) is 3.43. The van der Waals surface area contributed by atoms with Gasteiger partial charge in [0.25, 0.3) is 0 Å². The van der Waals surface area contributed by atoms with Crippen molar-refractivity contribution in [2.24, 2.45) is 0 Å². The van der Waals surface area contributed by atoms with Crippen LogP contribution in [0, 0.1) is 0 Å². The Balaban J connectivity index is 1.86. The second kappa shape index (κ2) is 6.06. The maximum absolute atomic E-state index is 11.6. The summed E-state index contributed by atoms with van der Waals surface area (Å²) in [6.07, 6.45) is 1.61. The fraction of sp³-hybridized carbons (Fsp3) is 0.533. The summed E-state index contributed by atoms with van der Waals surface area (Å²) in [5.74, 6) is 0.133. The molecule has 0 unspecified atom stereocenters. The molecule has 1 amide bonds. The number of carbonyl (C=O) groups excluding carboxylic acids is 1. The van der Waals surface area contributed by atoms with E-state index in [1.807, 2.05) is 19.9 Å². The number of nitrogens with zero attached hydrogens (tertiary/aromatic N) is 1. The van der Waals surface area contributed by atoms with Crippen LogP contribution in [0.4, 0.5) is 5.69 Å². The van der Waals surface area contributed by atoms with Crippen molar-refractivity contribution in [2.75, 3.05) is 18.8 Å². The van der Waals surface area contributed by atoms with Crippen LogP contribution in [0.15, 0.2) is 18.2 Å². The fourth-order valence-corrected chi connectivity index (χ4v) is 2.48. The summed E-state index contributed by atoms with van der Waals surface area (Å²) in [5.41, 5.74) is 9.33. The molecule has 0 atom stereocenters. The van der Waals surface area contributed by atoms with Gasteiger partial charge in [-0.1, -0.05) is 6.07 Å². The van der Waals surface area contributed by atoms with Crippen LogP contribution in [-0.2, 0) is 17.8 Å². The number of nitrogens with one attached hydrogen (secondary N) is 1. The standard InChI is InChI=1S/C15H23N3O/c1-11(2)17-15(19)6-8-18-7-5-12-3-4-14(16)9-13(12)10-18/h3-4,9,11H,5-8,10,16H2,1-2H3,(H,17,19). The molecule has 104 valence electrons. The van der Waals surface area contributed by atoms with E-state index in [4.69, 9.17) is 5.73 Å². The first-order valence-corrected chi connectivity index (χ1v) is 6.93. The summed E-state index contributed by atoms with van der Waals surface area (Å²) >= 11 is 0. The average Bonchev–Trinajstić information content (AvgIpc) is 2.35. The molecule has 1 aromatic carbocycles. The molecule has 1 aliphatic heterocycles. The van der Waals surface area contributed by atoms with Gasteiger partial charge in [0.1, 0.15) is 0 Å². The molecule has 1 aromatic rings. The highest BCUT2D eigenvalue weighted by Gasteiger charge is 2.17. The first-order valence-electron chi connectivity index (χ1n) is 6.93. The number of rotatable bonds is 4. The monoisotopic (exact) mass is 261 g/mol. The summed E-state index contributed by atoms with van der Waals surface area (Å²) in [5, 5.41) is 2.92. The zero-order valence-corrected chi connectivity index (χ0v) is 11.8. The van der Waals surface area contributed by atoms with Gasteiger partial charge < -0.3 is 11.1 Å². The second-order valence-electron chi connectivity index (χ2n) is 5.53. The molecule has 0 radical (unpaired) electrons. The number of amides is 1. The smallest absolute Gasteiger partial charge is 0.221 e. The minimum atomic E-state index is 0.133. The van der Waals surface area contributed by atoms with E-state index in [0.29, 0.717) is 6.42 Å². The molecule has 1 heterocycles. The molecule has 4 heteroatoms. The highest BCUT2D eigenvalue weighted by molar-refractivity contribution is 5.76. The van der Waals surface area contributed by atoms with Gasteiger partial charge in [-0.3, -0.25) is 9.69 Å². The molecular formula is C15H23N3O. The summed E-state index contributed by atoms with van der Waals surface area (Å²) in [4.78, 5) is 14.0. The average molecular weight is 261 g/mol. The van der Waals surface area contributed by atoms with Gasteiger partial charge in [-0.2, -0.15) is 0 Å². The first kappa shape index (κ1) is 13.9. The summed E-state index contributed by atoms with van der Waals surface area (Å²) in [7, 11) is 0. The molecular weight excluding hydrogens is 238 g/mol. The number of nitrogens with two attached hydrogens (primary N) is 1. The Morgan fingerprint density at radius 1 is 1.42 bits per heavy atom. The van der Waals surface area contributed by atoms with Crippen LogP contribution < -0.4 is 11.1 Å². The van der Waals surface area contributed by atoms with Crippen LogP contribution >= 0.6 is 0 Å². The number of nitrogen functional groups attached to an aromatic ring is 1. The fourth-order valence-electron chi connectivity index (χ4n) is 2.48. The number of hydrogen-bond donors (Lipinski definition) is 2. The molecule has 0 fully saturated rings. The molecule has 0 aliphatic carbocycles. The van der Waals surface area contributed by atoms with E-state index in [2.05, 4.69) is 22.3 Å². The normalized spacial score (nSPS) is 15.3. The SMILES string of the molecule is CC(C)NC(=O)CCN1CCc2ccc(N)cc2C1. The van der Waals surface area contributed by atoms with Gasteiger partial charge in [0.15, 0.2) is 0 Å². The lowest BCUT2D eigenvalue weighted by atomic mass is 9.99. The van der Waals surface area contributed by atoms with Crippen molar-refractivity contribution in [1.82, 2.24) is 10.2 Å². The van der Waals surface area contributed by atoms with E-state index < -0.39 is 0 Å².